The first-order valence-electron chi connectivity index (χ1n) is 6.71. The second-order valence-corrected chi connectivity index (χ2v) is 5.72. The molecule has 0 amide bonds. The number of benzene rings is 1. The third kappa shape index (κ3) is 3.66. The first-order valence-corrected chi connectivity index (χ1v) is 6.71. The first kappa shape index (κ1) is 14.3. The Hall–Kier alpha value is -1.16. The van der Waals surface area contributed by atoms with Crippen LogP contribution in [0, 0.1) is 5.41 Å². The Morgan fingerprint density at radius 2 is 1.95 bits per heavy atom. The summed E-state index contributed by atoms with van der Waals surface area (Å²) in [5.41, 5.74) is 1.36. The van der Waals surface area contributed by atoms with E-state index in [9.17, 15) is 8.78 Å². The zero-order valence-corrected chi connectivity index (χ0v) is 11.6. The van der Waals surface area contributed by atoms with Gasteiger partial charge in [0.25, 0.3) is 0 Å². The van der Waals surface area contributed by atoms with Gasteiger partial charge in [0, 0.05) is 12.1 Å². The molecule has 2 rings (SSSR count). The number of nitrogens with one attached hydrogen (secondary N) is 1. The lowest BCUT2D eigenvalue weighted by atomic mass is 9.98. The Morgan fingerprint density at radius 1 is 1.26 bits per heavy atom. The number of halogens is 2. The van der Waals surface area contributed by atoms with Crippen LogP contribution in [0.3, 0.4) is 0 Å². The molecule has 0 spiro atoms. The van der Waals surface area contributed by atoms with Gasteiger partial charge in [0.2, 0.25) is 0 Å². The van der Waals surface area contributed by atoms with Crippen molar-refractivity contribution in [1.82, 2.24) is 5.32 Å². The summed E-state index contributed by atoms with van der Waals surface area (Å²) in [6.45, 7) is 3.73. The predicted molar refractivity (Wildman–Crippen MR) is 71.4 cm³/mol. The van der Waals surface area contributed by atoms with Crippen molar-refractivity contribution in [2.75, 3.05) is 0 Å². The van der Waals surface area contributed by atoms with Gasteiger partial charge < -0.3 is 10.1 Å². The lowest BCUT2D eigenvalue weighted by Crippen LogP contribution is -2.35. The van der Waals surface area contributed by atoms with Crippen molar-refractivity contribution >= 4 is 0 Å². The smallest absolute Gasteiger partial charge is 0.387 e. The van der Waals surface area contributed by atoms with Crippen LogP contribution in [0.1, 0.15) is 45.2 Å². The average Bonchev–Trinajstić information content (AvgIpc) is 3.08. The van der Waals surface area contributed by atoms with Crippen LogP contribution >= 0.6 is 0 Å². The summed E-state index contributed by atoms with van der Waals surface area (Å²) in [7, 11) is 0. The highest BCUT2D eigenvalue weighted by Gasteiger charge is 2.42. The molecule has 19 heavy (non-hydrogen) atoms. The van der Waals surface area contributed by atoms with Crippen LogP contribution in [-0.4, -0.2) is 12.7 Å². The third-order valence-corrected chi connectivity index (χ3v) is 4.17. The molecule has 1 aromatic rings. The lowest BCUT2D eigenvalue weighted by Gasteiger charge is -2.25. The molecule has 1 aliphatic carbocycles. The summed E-state index contributed by atoms with van der Waals surface area (Å²) < 4.78 is 28.8. The van der Waals surface area contributed by atoms with Gasteiger partial charge in [-0.05, 0) is 49.8 Å². The van der Waals surface area contributed by atoms with Crippen molar-refractivity contribution in [2.24, 2.45) is 5.41 Å². The lowest BCUT2D eigenvalue weighted by molar-refractivity contribution is -0.0499. The molecule has 0 bridgehead atoms. The van der Waals surface area contributed by atoms with E-state index in [1.165, 1.54) is 12.8 Å². The van der Waals surface area contributed by atoms with E-state index in [2.05, 4.69) is 23.9 Å². The third-order valence-electron chi connectivity index (χ3n) is 4.17. The molecule has 106 valence electrons. The van der Waals surface area contributed by atoms with E-state index in [-0.39, 0.29) is 11.8 Å². The number of hydrogen-bond acceptors (Lipinski definition) is 2. The normalized spacial score (nSPS) is 20.1. The van der Waals surface area contributed by atoms with E-state index in [4.69, 9.17) is 0 Å². The van der Waals surface area contributed by atoms with E-state index >= 15 is 0 Å². The van der Waals surface area contributed by atoms with E-state index in [1.54, 1.807) is 18.2 Å². The molecule has 0 radical (unpaired) electrons. The van der Waals surface area contributed by atoms with E-state index < -0.39 is 6.61 Å². The Balaban J connectivity index is 2.00. The fourth-order valence-electron chi connectivity index (χ4n) is 2.26. The van der Waals surface area contributed by atoms with E-state index in [0.717, 1.165) is 5.56 Å². The molecule has 2 nitrogen and oxygen atoms in total. The summed E-state index contributed by atoms with van der Waals surface area (Å²) in [6, 6.07) is 7.43. The van der Waals surface area contributed by atoms with Crippen molar-refractivity contribution in [3.05, 3.63) is 29.8 Å². The van der Waals surface area contributed by atoms with Gasteiger partial charge in [-0.25, -0.2) is 0 Å². The van der Waals surface area contributed by atoms with Gasteiger partial charge in [0.15, 0.2) is 0 Å². The van der Waals surface area contributed by atoms with Gasteiger partial charge in [-0.15, -0.1) is 0 Å². The highest BCUT2D eigenvalue weighted by Crippen LogP contribution is 2.48. The zero-order valence-electron chi connectivity index (χ0n) is 11.6. The largest absolute Gasteiger partial charge is 0.435 e. The van der Waals surface area contributed by atoms with Gasteiger partial charge in [-0.2, -0.15) is 8.78 Å². The van der Waals surface area contributed by atoms with Crippen molar-refractivity contribution in [3.63, 3.8) is 0 Å². The number of rotatable bonds is 6. The molecular weight excluding hydrogens is 248 g/mol. The molecular formula is C15H21F2NO. The molecule has 1 fully saturated rings. The molecule has 2 unspecified atom stereocenters. The monoisotopic (exact) mass is 269 g/mol. The Kier molecular flexibility index (Phi) is 4.09. The van der Waals surface area contributed by atoms with E-state index in [0.29, 0.717) is 11.5 Å². The summed E-state index contributed by atoms with van der Waals surface area (Å²) in [5, 5.41) is 3.54. The minimum Gasteiger partial charge on any atom is -0.435 e. The van der Waals surface area contributed by atoms with E-state index in [1.807, 2.05) is 13.0 Å². The quantitative estimate of drug-likeness (QED) is 0.838. The standard InChI is InChI=1S/C15H21F2NO/c1-10(18-11(2)15(3)7-8-15)12-5-4-6-13(9-12)19-14(16)17/h4-6,9-11,14,18H,7-8H2,1-3H3. The van der Waals surface area contributed by atoms with Gasteiger partial charge in [-0.3, -0.25) is 0 Å². The number of alkyl halides is 2. The van der Waals surface area contributed by atoms with Crippen LogP contribution in [0.4, 0.5) is 8.78 Å². The molecule has 4 heteroatoms. The average molecular weight is 269 g/mol. The van der Waals surface area contributed by atoms with Crippen LogP contribution < -0.4 is 10.1 Å². The van der Waals surface area contributed by atoms with Crippen LogP contribution in [0.2, 0.25) is 0 Å². The second-order valence-electron chi connectivity index (χ2n) is 5.72. The maximum atomic E-state index is 12.2. The maximum absolute atomic E-state index is 12.2. The summed E-state index contributed by atoms with van der Waals surface area (Å²) >= 11 is 0. The molecule has 2 atom stereocenters. The highest BCUT2D eigenvalue weighted by molar-refractivity contribution is 5.30. The molecule has 1 saturated carbocycles. The SMILES string of the molecule is CC(NC(C)C1(C)CC1)c1cccc(OC(F)F)c1. The minimum absolute atomic E-state index is 0.119. The van der Waals surface area contributed by atoms with Crippen LogP contribution in [0.5, 0.6) is 5.75 Å². The molecule has 1 aliphatic rings. The van der Waals surface area contributed by atoms with Crippen molar-refractivity contribution in [2.45, 2.75) is 52.3 Å². The molecule has 0 aromatic heterocycles. The van der Waals surface area contributed by atoms with Crippen LogP contribution in [-0.2, 0) is 0 Å². The van der Waals surface area contributed by atoms with Gasteiger partial charge in [-0.1, -0.05) is 19.1 Å². The van der Waals surface area contributed by atoms with Crippen molar-refractivity contribution < 1.29 is 13.5 Å². The fraction of sp³-hybridized carbons (Fsp3) is 0.600. The topological polar surface area (TPSA) is 21.3 Å². The number of hydrogen-bond donors (Lipinski definition) is 1. The fourth-order valence-corrected chi connectivity index (χ4v) is 2.26. The van der Waals surface area contributed by atoms with Gasteiger partial charge in [0.05, 0.1) is 0 Å². The maximum Gasteiger partial charge on any atom is 0.387 e. The summed E-state index contributed by atoms with van der Waals surface area (Å²) in [6.07, 6.45) is 2.50. The minimum atomic E-state index is -2.78. The summed E-state index contributed by atoms with van der Waals surface area (Å²) in [4.78, 5) is 0. The van der Waals surface area contributed by atoms with Crippen molar-refractivity contribution in [3.8, 4) is 5.75 Å². The molecule has 1 N–H and O–H groups in total. The molecule has 0 heterocycles. The van der Waals surface area contributed by atoms with Gasteiger partial charge in [0.1, 0.15) is 5.75 Å². The molecule has 1 aromatic carbocycles. The summed E-state index contributed by atoms with van der Waals surface area (Å²) in [5.74, 6) is 0.214. The first-order chi connectivity index (χ1) is 8.90. The van der Waals surface area contributed by atoms with Gasteiger partial charge >= 0.3 is 6.61 Å². The Morgan fingerprint density at radius 3 is 2.53 bits per heavy atom. The Labute approximate surface area is 113 Å². The zero-order chi connectivity index (χ0) is 14.0. The predicted octanol–water partition coefficient (Wildman–Crippen LogP) is 4.13. The molecule has 0 saturated heterocycles. The van der Waals surface area contributed by atoms with Crippen LogP contribution in [0.15, 0.2) is 24.3 Å². The van der Waals surface area contributed by atoms with Crippen LogP contribution in [0.25, 0.3) is 0 Å². The number of ether oxygens (including phenoxy) is 1. The Bertz CT molecular complexity index is 432. The molecule has 0 aliphatic heterocycles. The van der Waals surface area contributed by atoms with Crippen molar-refractivity contribution in [1.29, 1.82) is 0 Å². The highest BCUT2D eigenvalue weighted by atomic mass is 19.3. The second kappa shape index (κ2) is 5.45.